The Morgan fingerprint density at radius 1 is 1.10 bits per heavy atom. The molecular formula is C17H25NO3. The summed E-state index contributed by atoms with van der Waals surface area (Å²) in [4.78, 5) is 34.4. The number of aryl methyl sites for hydroxylation is 1. The molecule has 0 spiro atoms. The van der Waals surface area contributed by atoms with E-state index >= 15 is 0 Å². The van der Waals surface area contributed by atoms with E-state index in [1.807, 2.05) is 13.8 Å². The van der Waals surface area contributed by atoms with E-state index in [0.717, 1.165) is 25.7 Å². The van der Waals surface area contributed by atoms with Crippen molar-refractivity contribution in [2.24, 2.45) is 5.92 Å². The Bertz CT molecular complexity index is 543. The van der Waals surface area contributed by atoms with Crippen LogP contribution in [0.5, 0.6) is 0 Å². The molecule has 0 saturated carbocycles. The maximum absolute atomic E-state index is 11.7. The van der Waals surface area contributed by atoms with Crippen molar-refractivity contribution in [3.63, 3.8) is 0 Å². The van der Waals surface area contributed by atoms with Crippen molar-refractivity contribution in [3.05, 3.63) is 34.2 Å². The summed E-state index contributed by atoms with van der Waals surface area (Å²) in [6, 6.07) is 3.01. The molecule has 0 aromatic carbocycles. The third-order valence-corrected chi connectivity index (χ3v) is 3.61. The highest BCUT2D eigenvalue weighted by Crippen LogP contribution is 2.08. The van der Waals surface area contributed by atoms with Gasteiger partial charge in [0.05, 0.1) is 0 Å². The van der Waals surface area contributed by atoms with Crippen molar-refractivity contribution < 1.29 is 9.59 Å². The van der Waals surface area contributed by atoms with Crippen molar-refractivity contribution in [1.29, 1.82) is 0 Å². The standard InChI is InChI=1S/C17H25NO3/c1-13(2)16(20)8-6-4-5-7-11-18-12-15(14(3)19)9-10-17(18)21/h9-10,12-13H,4-8,11H2,1-3H3. The summed E-state index contributed by atoms with van der Waals surface area (Å²) in [7, 11) is 0. The van der Waals surface area contributed by atoms with Crippen LogP contribution in [-0.4, -0.2) is 16.1 Å². The topological polar surface area (TPSA) is 56.1 Å². The van der Waals surface area contributed by atoms with Crippen LogP contribution >= 0.6 is 0 Å². The number of pyridine rings is 1. The average Bonchev–Trinajstić information content (AvgIpc) is 2.43. The van der Waals surface area contributed by atoms with Crippen LogP contribution in [-0.2, 0) is 11.3 Å². The van der Waals surface area contributed by atoms with Gasteiger partial charge in [0.1, 0.15) is 5.78 Å². The number of carbonyl (C=O) groups is 2. The average molecular weight is 291 g/mol. The van der Waals surface area contributed by atoms with Gasteiger partial charge in [-0.3, -0.25) is 14.4 Å². The SMILES string of the molecule is CC(=O)c1ccc(=O)n(CCCCCCC(=O)C(C)C)c1. The first-order valence-corrected chi connectivity index (χ1v) is 7.66. The number of Topliss-reactive ketones (excluding diaryl/α,β-unsaturated/α-hetero) is 2. The van der Waals surface area contributed by atoms with Crippen LogP contribution in [0.25, 0.3) is 0 Å². The van der Waals surface area contributed by atoms with Crippen molar-refractivity contribution in [2.75, 3.05) is 0 Å². The largest absolute Gasteiger partial charge is 0.315 e. The lowest BCUT2D eigenvalue weighted by Crippen LogP contribution is -2.19. The Hall–Kier alpha value is -1.71. The maximum Gasteiger partial charge on any atom is 0.250 e. The molecule has 4 heteroatoms. The minimum absolute atomic E-state index is 0.0315. The van der Waals surface area contributed by atoms with Gasteiger partial charge in [-0.1, -0.05) is 26.7 Å². The minimum atomic E-state index is -0.0741. The van der Waals surface area contributed by atoms with Crippen molar-refractivity contribution >= 4 is 11.6 Å². The van der Waals surface area contributed by atoms with E-state index in [2.05, 4.69) is 0 Å². The Labute approximate surface area is 126 Å². The highest BCUT2D eigenvalue weighted by molar-refractivity contribution is 5.93. The molecule has 0 N–H and O–H groups in total. The van der Waals surface area contributed by atoms with Crippen molar-refractivity contribution in [2.45, 2.75) is 59.4 Å². The third-order valence-electron chi connectivity index (χ3n) is 3.61. The number of nitrogens with zero attached hydrogens (tertiary/aromatic N) is 1. The van der Waals surface area contributed by atoms with Gasteiger partial charge in [-0.15, -0.1) is 0 Å². The number of carbonyl (C=O) groups excluding carboxylic acids is 2. The molecule has 116 valence electrons. The van der Waals surface area contributed by atoms with Crippen LogP contribution in [0.4, 0.5) is 0 Å². The quantitative estimate of drug-likeness (QED) is 0.518. The number of hydrogen-bond donors (Lipinski definition) is 0. The zero-order valence-corrected chi connectivity index (χ0v) is 13.2. The monoisotopic (exact) mass is 291 g/mol. The number of rotatable bonds is 9. The molecule has 1 heterocycles. The van der Waals surface area contributed by atoms with E-state index in [1.54, 1.807) is 16.8 Å². The van der Waals surface area contributed by atoms with E-state index in [4.69, 9.17) is 0 Å². The summed E-state index contributed by atoms with van der Waals surface area (Å²) < 4.78 is 1.59. The first-order valence-electron chi connectivity index (χ1n) is 7.66. The van der Waals surface area contributed by atoms with E-state index < -0.39 is 0 Å². The highest BCUT2D eigenvalue weighted by atomic mass is 16.1. The second kappa shape index (κ2) is 8.55. The Morgan fingerprint density at radius 2 is 1.76 bits per heavy atom. The second-order valence-electron chi connectivity index (χ2n) is 5.79. The molecule has 21 heavy (non-hydrogen) atoms. The number of hydrogen-bond acceptors (Lipinski definition) is 3. The lowest BCUT2D eigenvalue weighted by atomic mass is 10.0. The van der Waals surface area contributed by atoms with Crippen molar-refractivity contribution in [1.82, 2.24) is 4.57 Å². The van der Waals surface area contributed by atoms with Gasteiger partial charge in [-0.05, 0) is 25.8 Å². The zero-order valence-electron chi connectivity index (χ0n) is 13.2. The van der Waals surface area contributed by atoms with E-state index in [0.29, 0.717) is 24.3 Å². The van der Waals surface area contributed by atoms with Crippen LogP contribution < -0.4 is 5.56 Å². The van der Waals surface area contributed by atoms with Gasteiger partial charge < -0.3 is 4.57 Å². The normalized spacial score (nSPS) is 10.9. The molecule has 0 radical (unpaired) electrons. The molecule has 0 aliphatic carbocycles. The summed E-state index contributed by atoms with van der Waals surface area (Å²) in [6.45, 7) is 5.97. The van der Waals surface area contributed by atoms with Crippen LogP contribution in [0.2, 0.25) is 0 Å². The van der Waals surface area contributed by atoms with Crippen molar-refractivity contribution in [3.8, 4) is 0 Å². The Morgan fingerprint density at radius 3 is 2.38 bits per heavy atom. The first kappa shape index (κ1) is 17.3. The molecule has 1 aromatic rings. The van der Waals surface area contributed by atoms with E-state index in [9.17, 15) is 14.4 Å². The molecular weight excluding hydrogens is 266 g/mol. The molecule has 0 bridgehead atoms. The van der Waals surface area contributed by atoms with Crippen LogP contribution in [0, 0.1) is 5.92 Å². The van der Waals surface area contributed by atoms with Gasteiger partial charge in [-0.25, -0.2) is 0 Å². The highest BCUT2D eigenvalue weighted by Gasteiger charge is 2.06. The molecule has 0 fully saturated rings. The molecule has 0 atom stereocenters. The van der Waals surface area contributed by atoms with Gasteiger partial charge >= 0.3 is 0 Å². The van der Waals surface area contributed by atoms with Gasteiger partial charge in [-0.2, -0.15) is 0 Å². The summed E-state index contributed by atoms with van der Waals surface area (Å²) in [5.41, 5.74) is 0.493. The number of ketones is 2. The summed E-state index contributed by atoms with van der Waals surface area (Å²) >= 11 is 0. The molecule has 4 nitrogen and oxygen atoms in total. The van der Waals surface area contributed by atoms with Gasteiger partial charge in [0.15, 0.2) is 5.78 Å². The molecule has 0 aliphatic heterocycles. The third kappa shape index (κ3) is 6.06. The molecule has 0 aliphatic rings. The summed E-state index contributed by atoms with van der Waals surface area (Å²) in [5, 5.41) is 0. The molecule has 0 unspecified atom stereocenters. The van der Waals surface area contributed by atoms with Gasteiger partial charge in [0.2, 0.25) is 0 Å². The number of unbranched alkanes of at least 4 members (excludes halogenated alkanes) is 3. The fraction of sp³-hybridized carbons (Fsp3) is 0.588. The fourth-order valence-electron chi connectivity index (χ4n) is 2.14. The van der Waals surface area contributed by atoms with E-state index in [1.165, 1.54) is 13.0 Å². The Balaban J connectivity index is 2.33. The fourth-order valence-corrected chi connectivity index (χ4v) is 2.14. The lowest BCUT2D eigenvalue weighted by Gasteiger charge is -2.07. The van der Waals surface area contributed by atoms with Gasteiger partial charge in [0.25, 0.3) is 5.56 Å². The predicted octanol–water partition coefficient (Wildman–Crippen LogP) is 3.23. The lowest BCUT2D eigenvalue weighted by molar-refractivity contribution is -0.122. The maximum atomic E-state index is 11.7. The summed E-state index contributed by atoms with van der Waals surface area (Å²) in [6.07, 6.45) is 6.07. The Kier molecular flexibility index (Phi) is 7.06. The summed E-state index contributed by atoms with van der Waals surface area (Å²) in [5.74, 6) is 0.411. The van der Waals surface area contributed by atoms with E-state index in [-0.39, 0.29) is 17.3 Å². The smallest absolute Gasteiger partial charge is 0.250 e. The molecule has 0 amide bonds. The zero-order chi connectivity index (χ0) is 15.8. The molecule has 1 aromatic heterocycles. The van der Waals surface area contributed by atoms with Crippen LogP contribution in [0.1, 0.15) is 63.2 Å². The first-order chi connectivity index (χ1) is 9.91. The minimum Gasteiger partial charge on any atom is -0.315 e. The van der Waals surface area contributed by atoms with Crippen LogP contribution in [0.15, 0.2) is 23.1 Å². The number of aromatic nitrogens is 1. The second-order valence-corrected chi connectivity index (χ2v) is 5.79. The predicted molar refractivity (Wildman–Crippen MR) is 83.6 cm³/mol. The molecule has 1 rings (SSSR count). The molecule has 0 saturated heterocycles. The van der Waals surface area contributed by atoms with Crippen LogP contribution in [0.3, 0.4) is 0 Å². The van der Waals surface area contributed by atoms with Gasteiger partial charge in [0, 0.05) is 36.7 Å².